The SMILES string of the molecule is COc1ccc(N2C(=O)c3ccc(C(=O)O[C@@H](C(=O)c4ccccc4)c4ccc([N+](=O)[O-])cc4)cc3C2=O)cc1. The zero-order valence-electron chi connectivity index (χ0n) is 21.0. The van der Waals surface area contributed by atoms with Crippen molar-refractivity contribution in [1.82, 2.24) is 0 Å². The number of hydrogen-bond acceptors (Lipinski definition) is 8. The topological polar surface area (TPSA) is 133 Å². The molecule has 198 valence electrons. The molecule has 1 aliphatic heterocycles. The lowest BCUT2D eigenvalue weighted by Gasteiger charge is -2.17. The van der Waals surface area contributed by atoms with Gasteiger partial charge in [0.2, 0.25) is 5.78 Å². The van der Waals surface area contributed by atoms with Crippen LogP contribution in [-0.4, -0.2) is 35.6 Å². The third-order valence-electron chi connectivity index (χ3n) is 6.38. The molecule has 4 aromatic rings. The number of ketones is 1. The van der Waals surface area contributed by atoms with Crippen LogP contribution in [0.15, 0.2) is 97.1 Å². The van der Waals surface area contributed by atoms with E-state index in [2.05, 4.69) is 0 Å². The van der Waals surface area contributed by atoms with E-state index in [0.717, 1.165) is 4.90 Å². The summed E-state index contributed by atoms with van der Waals surface area (Å²) in [6, 6.07) is 23.6. The monoisotopic (exact) mass is 536 g/mol. The van der Waals surface area contributed by atoms with Crippen molar-refractivity contribution in [3.05, 3.63) is 135 Å². The van der Waals surface area contributed by atoms with Crippen molar-refractivity contribution in [3.63, 3.8) is 0 Å². The number of rotatable bonds is 8. The fourth-order valence-electron chi connectivity index (χ4n) is 4.31. The molecule has 4 aromatic carbocycles. The lowest BCUT2D eigenvalue weighted by Crippen LogP contribution is -2.29. The van der Waals surface area contributed by atoms with Crippen LogP contribution in [-0.2, 0) is 4.74 Å². The highest BCUT2D eigenvalue weighted by molar-refractivity contribution is 6.34. The van der Waals surface area contributed by atoms with Crippen molar-refractivity contribution in [2.75, 3.05) is 12.0 Å². The predicted octanol–water partition coefficient (Wildman–Crippen LogP) is 5.19. The number of Topliss-reactive ketones (excluding diaryl/α,β-unsaturated/α-hetero) is 1. The Bertz CT molecular complexity index is 1650. The quantitative estimate of drug-likeness (QED) is 0.0988. The average Bonchev–Trinajstić information content (AvgIpc) is 3.24. The van der Waals surface area contributed by atoms with E-state index in [1.165, 1.54) is 49.6 Å². The van der Waals surface area contributed by atoms with Crippen LogP contribution in [0.1, 0.15) is 53.1 Å². The van der Waals surface area contributed by atoms with Gasteiger partial charge in [-0.1, -0.05) is 30.3 Å². The van der Waals surface area contributed by atoms with Crippen molar-refractivity contribution in [1.29, 1.82) is 0 Å². The van der Waals surface area contributed by atoms with Crippen molar-refractivity contribution < 1.29 is 33.6 Å². The van der Waals surface area contributed by atoms with Gasteiger partial charge in [-0.25, -0.2) is 9.69 Å². The number of anilines is 1. The maximum atomic E-state index is 13.3. The van der Waals surface area contributed by atoms with Crippen LogP contribution in [0, 0.1) is 10.1 Å². The summed E-state index contributed by atoms with van der Waals surface area (Å²) in [5.74, 6) is -2.07. The molecular formula is C30H20N2O8. The zero-order valence-corrected chi connectivity index (χ0v) is 21.0. The summed E-state index contributed by atoms with van der Waals surface area (Å²) in [7, 11) is 1.50. The minimum atomic E-state index is -1.42. The summed E-state index contributed by atoms with van der Waals surface area (Å²) >= 11 is 0. The van der Waals surface area contributed by atoms with Gasteiger partial charge in [0.05, 0.1) is 34.4 Å². The molecule has 0 saturated carbocycles. The van der Waals surface area contributed by atoms with E-state index in [0.29, 0.717) is 11.4 Å². The molecule has 0 aliphatic carbocycles. The molecule has 0 aromatic heterocycles. The molecule has 5 rings (SSSR count). The summed E-state index contributed by atoms with van der Waals surface area (Å²) < 4.78 is 10.7. The van der Waals surface area contributed by atoms with Crippen molar-refractivity contribution in [2.24, 2.45) is 0 Å². The van der Waals surface area contributed by atoms with Crippen LogP contribution in [0.25, 0.3) is 0 Å². The Morgan fingerprint density at radius 1 is 0.800 bits per heavy atom. The maximum absolute atomic E-state index is 13.3. The molecule has 0 saturated heterocycles. The minimum absolute atomic E-state index is 0.0107. The number of imide groups is 1. The summed E-state index contributed by atoms with van der Waals surface area (Å²) in [5, 5.41) is 11.1. The molecule has 10 nitrogen and oxygen atoms in total. The van der Waals surface area contributed by atoms with Crippen LogP contribution < -0.4 is 9.64 Å². The number of methoxy groups -OCH3 is 1. The number of hydrogen-bond donors (Lipinski definition) is 0. The average molecular weight is 536 g/mol. The van der Waals surface area contributed by atoms with Crippen LogP contribution in [0.5, 0.6) is 5.75 Å². The second-order valence-electron chi connectivity index (χ2n) is 8.77. The van der Waals surface area contributed by atoms with Gasteiger partial charge in [-0.3, -0.25) is 24.5 Å². The van der Waals surface area contributed by atoms with Gasteiger partial charge in [-0.2, -0.15) is 0 Å². The Labute approximate surface area is 227 Å². The van der Waals surface area contributed by atoms with E-state index in [-0.39, 0.29) is 33.5 Å². The molecule has 1 heterocycles. The van der Waals surface area contributed by atoms with Crippen LogP contribution in [0.3, 0.4) is 0 Å². The molecule has 0 fully saturated rings. The fourth-order valence-corrected chi connectivity index (χ4v) is 4.31. The summed E-state index contributed by atoms with van der Waals surface area (Å²) in [6.45, 7) is 0. The maximum Gasteiger partial charge on any atom is 0.339 e. The summed E-state index contributed by atoms with van der Waals surface area (Å²) in [5.41, 5.74) is 0.715. The Balaban J connectivity index is 1.44. The van der Waals surface area contributed by atoms with Gasteiger partial charge in [0.1, 0.15) is 5.75 Å². The number of nitro benzene ring substituents is 1. The molecule has 0 unspecified atom stereocenters. The van der Waals surface area contributed by atoms with Gasteiger partial charge in [-0.05, 0) is 54.6 Å². The van der Waals surface area contributed by atoms with E-state index in [1.807, 2.05) is 0 Å². The first-order valence-corrected chi connectivity index (χ1v) is 12.0. The normalized spacial score (nSPS) is 13.0. The first-order valence-electron chi connectivity index (χ1n) is 12.0. The molecule has 0 N–H and O–H groups in total. The number of nitrogens with zero attached hydrogens (tertiary/aromatic N) is 2. The third-order valence-corrected chi connectivity index (χ3v) is 6.38. The van der Waals surface area contributed by atoms with Gasteiger partial charge >= 0.3 is 5.97 Å². The molecule has 1 aliphatic rings. The number of carbonyl (C=O) groups excluding carboxylic acids is 4. The Hall–Kier alpha value is -5.64. The zero-order chi connectivity index (χ0) is 28.4. The number of amides is 2. The van der Waals surface area contributed by atoms with Crippen molar-refractivity contribution >= 4 is 34.9 Å². The third kappa shape index (κ3) is 4.81. The van der Waals surface area contributed by atoms with E-state index in [4.69, 9.17) is 9.47 Å². The van der Waals surface area contributed by atoms with Gasteiger partial charge < -0.3 is 9.47 Å². The molecule has 0 spiro atoms. The summed E-state index contributed by atoms with van der Waals surface area (Å²) in [6.07, 6.45) is -1.42. The van der Waals surface area contributed by atoms with Gasteiger partial charge in [0.25, 0.3) is 17.5 Å². The second kappa shape index (κ2) is 10.6. The highest BCUT2D eigenvalue weighted by Crippen LogP contribution is 2.31. The fraction of sp³-hybridized carbons (Fsp3) is 0.0667. The molecule has 40 heavy (non-hydrogen) atoms. The minimum Gasteiger partial charge on any atom is -0.497 e. The van der Waals surface area contributed by atoms with Gasteiger partial charge in [0, 0.05) is 23.3 Å². The smallest absolute Gasteiger partial charge is 0.339 e. The first-order chi connectivity index (χ1) is 19.3. The molecule has 10 heteroatoms. The number of esters is 1. The molecule has 0 bridgehead atoms. The first kappa shape index (κ1) is 26.0. The van der Waals surface area contributed by atoms with Gasteiger partial charge in [-0.15, -0.1) is 0 Å². The number of carbonyl (C=O) groups is 4. The Morgan fingerprint density at radius 3 is 2.08 bits per heavy atom. The van der Waals surface area contributed by atoms with E-state index in [1.54, 1.807) is 54.6 Å². The Kier molecular flexibility index (Phi) is 6.90. The number of nitro groups is 1. The lowest BCUT2D eigenvalue weighted by atomic mass is 9.99. The van der Waals surface area contributed by atoms with Crippen molar-refractivity contribution in [2.45, 2.75) is 6.10 Å². The van der Waals surface area contributed by atoms with E-state index in [9.17, 15) is 29.3 Å². The second-order valence-corrected chi connectivity index (χ2v) is 8.77. The van der Waals surface area contributed by atoms with E-state index < -0.39 is 34.6 Å². The number of fused-ring (bicyclic) bond motifs is 1. The molecule has 0 radical (unpaired) electrons. The lowest BCUT2D eigenvalue weighted by molar-refractivity contribution is -0.384. The van der Waals surface area contributed by atoms with Crippen LogP contribution in [0.4, 0.5) is 11.4 Å². The van der Waals surface area contributed by atoms with E-state index >= 15 is 0 Å². The molecule has 1 atom stereocenters. The number of ether oxygens (including phenoxy) is 2. The van der Waals surface area contributed by atoms with Crippen molar-refractivity contribution in [3.8, 4) is 5.75 Å². The predicted molar refractivity (Wildman–Crippen MR) is 143 cm³/mol. The molecule has 2 amide bonds. The molecular weight excluding hydrogens is 516 g/mol. The highest BCUT2D eigenvalue weighted by Gasteiger charge is 2.37. The number of non-ortho nitro benzene ring substituents is 1. The van der Waals surface area contributed by atoms with Gasteiger partial charge in [0.15, 0.2) is 6.10 Å². The Morgan fingerprint density at radius 2 is 1.45 bits per heavy atom. The largest absolute Gasteiger partial charge is 0.497 e. The van der Waals surface area contributed by atoms with Crippen LogP contribution in [0.2, 0.25) is 0 Å². The highest BCUT2D eigenvalue weighted by atomic mass is 16.6. The number of benzene rings is 4. The standard InChI is InChI=1S/C30H20N2O8/c1-39-23-14-12-21(13-15-23)31-28(34)24-16-9-20(17-25(24)29(31)35)30(36)40-27(26(33)18-5-3-2-4-6-18)19-7-10-22(11-8-19)32(37)38/h2-17,27H,1H3/t27-/m1/s1. The summed E-state index contributed by atoms with van der Waals surface area (Å²) in [4.78, 5) is 64.2. The van der Waals surface area contributed by atoms with Crippen LogP contribution >= 0.6 is 0 Å².